The Kier molecular flexibility index (Phi) is 6.84. The minimum atomic E-state index is -0.217. The second kappa shape index (κ2) is 8.87. The number of aryl methyl sites for hydroxylation is 2. The third-order valence-electron chi connectivity index (χ3n) is 4.97. The van der Waals surface area contributed by atoms with E-state index in [1.165, 1.54) is 11.3 Å². The van der Waals surface area contributed by atoms with E-state index in [0.29, 0.717) is 12.3 Å². The van der Waals surface area contributed by atoms with Crippen LogP contribution in [0.2, 0.25) is 0 Å². The van der Waals surface area contributed by atoms with E-state index < -0.39 is 0 Å². The Balaban J connectivity index is 2.04. The van der Waals surface area contributed by atoms with Crippen LogP contribution in [0.4, 0.5) is 0 Å². The van der Waals surface area contributed by atoms with Crippen LogP contribution in [-0.2, 0) is 31.2 Å². The maximum atomic E-state index is 11.2. The Morgan fingerprint density at radius 1 is 1.40 bits per heavy atom. The monoisotopic (exact) mass is 348 g/mol. The molecule has 7 nitrogen and oxygen atoms in total. The number of carbonyl (C=O) groups is 1. The molecule has 1 aromatic rings. The van der Waals surface area contributed by atoms with Crippen LogP contribution >= 0.6 is 0 Å². The largest absolute Gasteiger partial charge is 0.370 e. The van der Waals surface area contributed by atoms with E-state index in [1.807, 2.05) is 18.8 Å². The zero-order valence-electron chi connectivity index (χ0n) is 16.0. The fourth-order valence-corrected chi connectivity index (χ4v) is 3.80. The molecule has 0 spiro atoms. The first-order valence-corrected chi connectivity index (χ1v) is 9.27. The first-order chi connectivity index (χ1) is 12.0. The summed E-state index contributed by atoms with van der Waals surface area (Å²) >= 11 is 0. The van der Waals surface area contributed by atoms with Crippen molar-refractivity contribution in [1.29, 1.82) is 0 Å². The molecule has 0 bridgehead atoms. The van der Waals surface area contributed by atoms with E-state index in [0.717, 1.165) is 57.0 Å². The number of guanidine groups is 1. The van der Waals surface area contributed by atoms with Crippen LogP contribution in [0.1, 0.15) is 50.1 Å². The SMILES string of the molecule is CCc1nn(C)c(CC)c1CNC(=NC)N1CCCC(CC(N)=O)C1. The molecule has 1 aromatic heterocycles. The van der Waals surface area contributed by atoms with Crippen molar-refractivity contribution in [1.82, 2.24) is 20.0 Å². The Hall–Kier alpha value is -2.05. The van der Waals surface area contributed by atoms with Crippen LogP contribution in [0.15, 0.2) is 4.99 Å². The van der Waals surface area contributed by atoms with Crippen molar-refractivity contribution in [3.8, 4) is 0 Å². The van der Waals surface area contributed by atoms with Gasteiger partial charge in [0.05, 0.1) is 5.69 Å². The zero-order valence-corrected chi connectivity index (χ0v) is 16.0. The summed E-state index contributed by atoms with van der Waals surface area (Å²) in [4.78, 5) is 17.9. The van der Waals surface area contributed by atoms with Crippen LogP contribution in [0.5, 0.6) is 0 Å². The molecule has 0 aliphatic carbocycles. The Bertz CT molecular complexity index is 621. The van der Waals surface area contributed by atoms with Gasteiger partial charge in [-0.05, 0) is 31.6 Å². The van der Waals surface area contributed by atoms with Crippen molar-refractivity contribution in [3.63, 3.8) is 0 Å². The number of nitrogens with one attached hydrogen (secondary N) is 1. The van der Waals surface area contributed by atoms with Gasteiger partial charge in [-0.15, -0.1) is 0 Å². The molecule has 140 valence electrons. The molecule has 25 heavy (non-hydrogen) atoms. The molecule has 1 amide bonds. The Morgan fingerprint density at radius 3 is 2.76 bits per heavy atom. The highest BCUT2D eigenvalue weighted by Gasteiger charge is 2.24. The third-order valence-corrected chi connectivity index (χ3v) is 4.97. The smallest absolute Gasteiger partial charge is 0.217 e. The van der Waals surface area contributed by atoms with Gasteiger partial charge in [0.15, 0.2) is 5.96 Å². The predicted molar refractivity (Wildman–Crippen MR) is 100 cm³/mol. The van der Waals surface area contributed by atoms with E-state index >= 15 is 0 Å². The second-order valence-electron chi connectivity index (χ2n) is 6.73. The van der Waals surface area contributed by atoms with Gasteiger partial charge >= 0.3 is 0 Å². The topological polar surface area (TPSA) is 88.5 Å². The fraction of sp³-hybridized carbons (Fsp3) is 0.722. The third kappa shape index (κ3) is 4.74. The summed E-state index contributed by atoms with van der Waals surface area (Å²) in [7, 11) is 3.82. The van der Waals surface area contributed by atoms with E-state index in [9.17, 15) is 4.79 Å². The van der Waals surface area contributed by atoms with Crippen LogP contribution in [-0.4, -0.2) is 46.7 Å². The van der Waals surface area contributed by atoms with Crippen molar-refractivity contribution in [2.24, 2.45) is 23.7 Å². The van der Waals surface area contributed by atoms with Crippen molar-refractivity contribution in [3.05, 3.63) is 17.0 Å². The average molecular weight is 348 g/mol. The number of rotatable bonds is 6. The molecule has 7 heteroatoms. The summed E-state index contributed by atoms with van der Waals surface area (Å²) in [6, 6.07) is 0. The first kappa shape index (κ1) is 19.3. The number of likely N-dealkylation sites (tertiary alicyclic amines) is 1. The number of nitrogens with zero attached hydrogens (tertiary/aromatic N) is 4. The lowest BCUT2D eigenvalue weighted by Crippen LogP contribution is -2.47. The fourth-order valence-electron chi connectivity index (χ4n) is 3.80. The lowest BCUT2D eigenvalue weighted by molar-refractivity contribution is -0.119. The molecule has 1 fully saturated rings. The lowest BCUT2D eigenvalue weighted by Gasteiger charge is -2.34. The number of aromatic nitrogens is 2. The van der Waals surface area contributed by atoms with E-state index in [4.69, 9.17) is 5.73 Å². The Morgan fingerprint density at radius 2 is 2.16 bits per heavy atom. The molecular weight excluding hydrogens is 316 g/mol. The van der Waals surface area contributed by atoms with Crippen LogP contribution < -0.4 is 11.1 Å². The minimum absolute atomic E-state index is 0.217. The van der Waals surface area contributed by atoms with Gasteiger partial charge in [0.25, 0.3) is 0 Å². The second-order valence-corrected chi connectivity index (χ2v) is 6.73. The van der Waals surface area contributed by atoms with Crippen molar-refractivity contribution < 1.29 is 4.79 Å². The number of nitrogens with two attached hydrogens (primary N) is 1. The molecule has 2 heterocycles. The van der Waals surface area contributed by atoms with Crippen molar-refractivity contribution in [2.75, 3.05) is 20.1 Å². The summed E-state index contributed by atoms with van der Waals surface area (Å²) in [6.07, 6.45) is 4.46. The van der Waals surface area contributed by atoms with Gasteiger partial charge in [-0.25, -0.2) is 0 Å². The number of carbonyl (C=O) groups excluding carboxylic acids is 1. The van der Waals surface area contributed by atoms with Crippen LogP contribution in [0, 0.1) is 5.92 Å². The van der Waals surface area contributed by atoms with E-state index in [-0.39, 0.29) is 5.91 Å². The van der Waals surface area contributed by atoms with Gasteiger partial charge in [-0.3, -0.25) is 14.5 Å². The van der Waals surface area contributed by atoms with Gasteiger partial charge < -0.3 is 16.0 Å². The standard InChI is InChI=1S/C18H32N6O/c1-5-15-14(16(6-2)23(4)22-15)11-21-18(20-3)24-9-7-8-13(12-24)10-17(19)25/h13H,5-12H2,1-4H3,(H2,19,25)(H,20,21). The van der Waals surface area contributed by atoms with E-state index in [1.54, 1.807) is 0 Å². The normalized spacial score (nSPS) is 18.5. The van der Waals surface area contributed by atoms with Crippen LogP contribution in [0.3, 0.4) is 0 Å². The maximum absolute atomic E-state index is 11.2. The van der Waals surface area contributed by atoms with Gasteiger partial charge in [-0.2, -0.15) is 5.10 Å². The van der Waals surface area contributed by atoms with Gasteiger partial charge in [0.2, 0.25) is 5.91 Å². The zero-order chi connectivity index (χ0) is 18.4. The molecule has 0 saturated carbocycles. The lowest BCUT2D eigenvalue weighted by atomic mass is 9.95. The van der Waals surface area contributed by atoms with Crippen LogP contribution in [0.25, 0.3) is 0 Å². The number of aliphatic imine (C=N–C) groups is 1. The summed E-state index contributed by atoms with van der Waals surface area (Å²) in [5.74, 6) is 0.994. The Labute approximate surface area is 150 Å². The van der Waals surface area contributed by atoms with Gasteiger partial charge in [0, 0.05) is 51.4 Å². The number of primary amides is 1. The molecule has 3 N–H and O–H groups in total. The first-order valence-electron chi connectivity index (χ1n) is 9.27. The predicted octanol–water partition coefficient (Wildman–Crippen LogP) is 1.21. The highest BCUT2D eigenvalue weighted by atomic mass is 16.1. The molecule has 1 unspecified atom stereocenters. The van der Waals surface area contributed by atoms with E-state index in [2.05, 4.69) is 34.2 Å². The minimum Gasteiger partial charge on any atom is -0.370 e. The van der Waals surface area contributed by atoms with Gasteiger partial charge in [0.1, 0.15) is 0 Å². The molecule has 1 saturated heterocycles. The molecule has 0 radical (unpaired) electrons. The maximum Gasteiger partial charge on any atom is 0.217 e. The number of piperidine rings is 1. The highest BCUT2D eigenvalue weighted by Crippen LogP contribution is 2.20. The summed E-state index contributed by atoms with van der Waals surface area (Å²) in [5, 5.41) is 8.13. The highest BCUT2D eigenvalue weighted by molar-refractivity contribution is 5.80. The number of hydrogen-bond donors (Lipinski definition) is 2. The summed E-state index contributed by atoms with van der Waals surface area (Å²) in [6.45, 7) is 6.82. The molecule has 0 aromatic carbocycles. The molecular formula is C18H32N6O. The number of amides is 1. The molecule has 1 atom stereocenters. The molecule has 2 rings (SSSR count). The molecule has 1 aliphatic heterocycles. The number of hydrogen-bond acceptors (Lipinski definition) is 3. The summed E-state index contributed by atoms with van der Waals surface area (Å²) in [5.41, 5.74) is 9.06. The quantitative estimate of drug-likeness (QED) is 0.597. The molecule has 1 aliphatic rings. The van der Waals surface area contributed by atoms with Crippen molar-refractivity contribution in [2.45, 2.75) is 52.5 Å². The average Bonchev–Trinajstić information content (AvgIpc) is 2.90. The van der Waals surface area contributed by atoms with Crippen molar-refractivity contribution >= 4 is 11.9 Å². The van der Waals surface area contributed by atoms with Gasteiger partial charge in [-0.1, -0.05) is 13.8 Å². The summed E-state index contributed by atoms with van der Waals surface area (Å²) < 4.78 is 1.99.